The number of anilines is 1. The summed E-state index contributed by atoms with van der Waals surface area (Å²) in [5, 5.41) is 30.7. The van der Waals surface area contributed by atoms with E-state index in [0.29, 0.717) is 10.0 Å². The Balaban J connectivity index is 3.26. The molecule has 1 N–H and O–H groups in total. The first-order valence-corrected chi connectivity index (χ1v) is 5.50. The molecule has 0 aliphatic carbocycles. The maximum atomic E-state index is 10.9. The molecule has 0 amide bonds. The molecule has 0 spiro atoms. The Kier molecular flexibility index (Phi) is 4.41. The van der Waals surface area contributed by atoms with Crippen LogP contribution in [0.3, 0.4) is 0 Å². The minimum absolute atomic E-state index is 0.131. The van der Waals surface area contributed by atoms with Crippen LogP contribution in [0.15, 0.2) is 28.4 Å². The second-order valence-electron chi connectivity index (χ2n) is 3.30. The summed E-state index contributed by atoms with van der Waals surface area (Å²) in [7, 11) is 0. The van der Waals surface area contributed by atoms with E-state index >= 15 is 0 Å². The predicted octanol–water partition coefficient (Wildman–Crippen LogP) is 3.01. The van der Waals surface area contributed by atoms with Crippen LogP contribution in [0.2, 0.25) is 0 Å². The molecule has 0 heterocycles. The number of rotatable bonds is 3. The van der Waals surface area contributed by atoms with E-state index in [2.05, 4.69) is 21.2 Å². The highest BCUT2D eigenvalue weighted by Gasteiger charge is 2.16. The summed E-state index contributed by atoms with van der Waals surface area (Å²) in [6, 6.07) is 6.36. The molecule has 1 aromatic rings. The molecular formula is C11H7BrN4O2. The van der Waals surface area contributed by atoms with Crippen LogP contribution in [0.5, 0.6) is 0 Å². The number of hydrogen-bond donors (Lipinski definition) is 1. The highest BCUT2D eigenvalue weighted by atomic mass is 79.9. The number of benzene rings is 1. The van der Waals surface area contributed by atoms with E-state index in [0.717, 1.165) is 6.20 Å². The summed E-state index contributed by atoms with van der Waals surface area (Å²) in [5.74, 6) is 0. The molecule has 18 heavy (non-hydrogen) atoms. The van der Waals surface area contributed by atoms with Crippen molar-refractivity contribution in [2.45, 2.75) is 6.92 Å². The summed E-state index contributed by atoms with van der Waals surface area (Å²) in [6.45, 7) is 1.69. The molecule has 90 valence electrons. The summed E-state index contributed by atoms with van der Waals surface area (Å²) in [4.78, 5) is 10.4. The van der Waals surface area contributed by atoms with Crippen molar-refractivity contribution in [3.63, 3.8) is 0 Å². The zero-order valence-electron chi connectivity index (χ0n) is 9.27. The first kappa shape index (κ1) is 13.7. The lowest BCUT2D eigenvalue weighted by Crippen LogP contribution is -1.99. The zero-order chi connectivity index (χ0) is 13.7. The summed E-state index contributed by atoms with van der Waals surface area (Å²) >= 11 is 3.17. The van der Waals surface area contributed by atoms with Crippen LogP contribution in [0.1, 0.15) is 5.56 Å². The third-order valence-corrected chi connectivity index (χ3v) is 2.54. The van der Waals surface area contributed by atoms with Crippen LogP contribution < -0.4 is 5.32 Å². The van der Waals surface area contributed by atoms with E-state index in [1.807, 2.05) is 0 Å². The molecule has 1 rings (SSSR count). The second-order valence-corrected chi connectivity index (χ2v) is 4.22. The Hall–Kier alpha value is -2.38. The molecule has 0 bridgehead atoms. The first-order valence-electron chi connectivity index (χ1n) is 4.71. The molecule has 0 aromatic heterocycles. The quantitative estimate of drug-likeness (QED) is 0.525. The van der Waals surface area contributed by atoms with Crippen molar-refractivity contribution in [3.05, 3.63) is 44.1 Å². The van der Waals surface area contributed by atoms with Gasteiger partial charge in [-0.3, -0.25) is 10.1 Å². The van der Waals surface area contributed by atoms with Crippen molar-refractivity contribution in [2.24, 2.45) is 0 Å². The van der Waals surface area contributed by atoms with Crippen molar-refractivity contribution in [2.75, 3.05) is 5.32 Å². The number of nitro benzene ring substituents is 1. The molecule has 0 fully saturated rings. The summed E-state index contributed by atoms with van der Waals surface area (Å²) in [6.07, 6.45) is 1.14. The molecule has 7 heteroatoms. The molecule has 6 nitrogen and oxygen atoms in total. The van der Waals surface area contributed by atoms with Crippen molar-refractivity contribution >= 4 is 27.3 Å². The number of halogens is 1. The molecular weight excluding hydrogens is 300 g/mol. The molecule has 0 atom stereocenters. The number of nitrogens with one attached hydrogen (secondary N) is 1. The van der Waals surface area contributed by atoms with E-state index < -0.39 is 4.92 Å². The number of nitriles is 2. The maximum Gasteiger partial charge on any atom is 0.294 e. The maximum absolute atomic E-state index is 10.9. The molecule has 0 saturated heterocycles. The van der Waals surface area contributed by atoms with Gasteiger partial charge in [-0.2, -0.15) is 10.5 Å². The van der Waals surface area contributed by atoms with Gasteiger partial charge in [0.2, 0.25) is 0 Å². The lowest BCUT2D eigenvalue weighted by molar-refractivity contribution is -0.384. The van der Waals surface area contributed by atoms with Crippen LogP contribution in [0.25, 0.3) is 0 Å². The summed E-state index contributed by atoms with van der Waals surface area (Å²) in [5.41, 5.74) is 0.591. The third-order valence-electron chi connectivity index (χ3n) is 2.08. The Labute approximate surface area is 111 Å². The smallest absolute Gasteiger partial charge is 0.294 e. The Morgan fingerprint density at radius 2 is 2.11 bits per heavy atom. The predicted molar refractivity (Wildman–Crippen MR) is 68.5 cm³/mol. The fourth-order valence-corrected chi connectivity index (χ4v) is 1.85. The fraction of sp³-hybridized carbons (Fsp3) is 0.0909. The Morgan fingerprint density at radius 3 is 2.61 bits per heavy atom. The zero-order valence-corrected chi connectivity index (χ0v) is 10.9. The van der Waals surface area contributed by atoms with Gasteiger partial charge in [0.15, 0.2) is 0 Å². The van der Waals surface area contributed by atoms with Crippen LogP contribution in [0, 0.1) is 39.7 Å². The standard InChI is InChI=1S/C11H7BrN4O2/c1-7-2-9(12)3-10(16(17)18)11(7)15-6-8(4-13)5-14/h2-3,6,15H,1H3. The first-order chi connectivity index (χ1) is 8.49. The lowest BCUT2D eigenvalue weighted by atomic mass is 10.1. The number of hydrogen-bond acceptors (Lipinski definition) is 5. The molecule has 0 radical (unpaired) electrons. The highest BCUT2D eigenvalue weighted by molar-refractivity contribution is 9.10. The monoisotopic (exact) mass is 306 g/mol. The van der Waals surface area contributed by atoms with Gasteiger partial charge < -0.3 is 5.32 Å². The minimum atomic E-state index is -0.535. The van der Waals surface area contributed by atoms with E-state index in [9.17, 15) is 10.1 Å². The largest absolute Gasteiger partial charge is 0.354 e. The van der Waals surface area contributed by atoms with Gasteiger partial charge in [-0.15, -0.1) is 0 Å². The van der Waals surface area contributed by atoms with Crippen LogP contribution in [0.4, 0.5) is 11.4 Å². The van der Waals surface area contributed by atoms with Gasteiger partial charge in [0.05, 0.1) is 4.92 Å². The van der Waals surface area contributed by atoms with Crippen molar-refractivity contribution in [3.8, 4) is 12.1 Å². The van der Waals surface area contributed by atoms with Gasteiger partial charge in [-0.25, -0.2) is 0 Å². The van der Waals surface area contributed by atoms with Gasteiger partial charge in [0, 0.05) is 16.7 Å². The van der Waals surface area contributed by atoms with Gasteiger partial charge >= 0.3 is 0 Å². The van der Waals surface area contributed by atoms with Crippen molar-refractivity contribution < 1.29 is 4.92 Å². The Bertz CT molecular complexity index is 595. The number of nitrogens with zero attached hydrogens (tertiary/aromatic N) is 3. The Morgan fingerprint density at radius 1 is 1.50 bits per heavy atom. The number of allylic oxidation sites excluding steroid dienone is 1. The molecule has 0 aliphatic rings. The van der Waals surface area contributed by atoms with Crippen molar-refractivity contribution in [1.29, 1.82) is 10.5 Å². The average molecular weight is 307 g/mol. The summed E-state index contributed by atoms with van der Waals surface area (Å²) < 4.78 is 0.585. The fourth-order valence-electron chi connectivity index (χ4n) is 1.29. The van der Waals surface area contributed by atoms with E-state index in [-0.39, 0.29) is 16.9 Å². The topological polar surface area (TPSA) is 103 Å². The van der Waals surface area contributed by atoms with Crippen LogP contribution in [-0.2, 0) is 0 Å². The van der Waals surface area contributed by atoms with Gasteiger partial charge in [0.1, 0.15) is 23.4 Å². The highest BCUT2D eigenvalue weighted by Crippen LogP contribution is 2.31. The van der Waals surface area contributed by atoms with Gasteiger partial charge in [-0.1, -0.05) is 15.9 Å². The SMILES string of the molecule is Cc1cc(Br)cc([N+](=O)[O-])c1NC=C(C#N)C#N. The average Bonchev–Trinajstić information content (AvgIpc) is 2.31. The van der Waals surface area contributed by atoms with E-state index in [1.165, 1.54) is 6.07 Å². The van der Waals surface area contributed by atoms with Crippen LogP contribution >= 0.6 is 15.9 Å². The van der Waals surface area contributed by atoms with Gasteiger partial charge in [0.25, 0.3) is 5.69 Å². The number of aryl methyl sites for hydroxylation is 1. The van der Waals surface area contributed by atoms with E-state index in [4.69, 9.17) is 10.5 Å². The second kappa shape index (κ2) is 5.80. The minimum Gasteiger partial charge on any atom is -0.354 e. The van der Waals surface area contributed by atoms with Gasteiger partial charge in [-0.05, 0) is 18.6 Å². The molecule has 1 aromatic carbocycles. The third kappa shape index (κ3) is 3.06. The molecule has 0 unspecified atom stereocenters. The van der Waals surface area contributed by atoms with Crippen LogP contribution in [-0.4, -0.2) is 4.92 Å². The lowest BCUT2D eigenvalue weighted by Gasteiger charge is -2.07. The van der Waals surface area contributed by atoms with E-state index in [1.54, 1.807) is 25.1 Å². The molecule has 0 saturated carbocycles. The number of nitro groups is 1. The van der Waals surface area contributed by atoms with Crippen molar-refractivity contribution in [1.82, 2.24) is 0 Å². The molecule has 0 aliphatic heterocycles. The normalized spacial score (nSPS) is 8.89.